The van der Waals surface area contributed by atoms with E-state index in [0.717, 1.165) is 11.4 Å². The lowest BCUT2D eigenvalue weighted by molar-refractivity contribution is 0.0549. The molecule has 0 saturated carbocycles. The van der Waals surface area contributed by atoms with E-state index in [-0.39, 0.29) is 5.96 Å². The summed E-state index contributed by atoms with van der Waals surface area (Å²) in [5.74, 6) is 0.223. The number of nitrogens with zero attached hydrogens (tertiary/aromatic N) is 3. The predicted octanol–water partition coefficient (Wildman–Crippen LogP) is 1.07. The van der Waals surface area contributed by atoms with E-state index in [1.807, 2.05) is 18.2 Å². The third-order valence-electron chi connectivity index (χ3n) is 3.25. The molecule has 1 unspecified atom stereocenters. The molecule has 3 N–H and O–H groups in total. The molecule has 0 aromatic rings. The minimum absolute atomic E-state index is 0.223. The predicted molar refractivity (Wildman–Crippen MR) is 81.6 cm³/mol. The van der Waals surface area contributed by atoms with Crippen LogP contribution in [0.2, 0.25) is 0 Å². The van der Waals surface area contributed by atoms with Gasteiger partial charge >= 0.3 is 6.03 Å². The van der Waals surface area contributed by atoms with Gasteiger partial charge in [-0.3, -0.25) is 15.2 Å². The van der Waals surface area contributed by atoms with Crippen molar-refractivity contribution in [3.8, 4) is 0 Å². The SMILES string of the molecule is C/C=C(\C)N1C(=O)NC(NC2=CC/C(=N\C)C=C2)=NC1O. The third kappa shape index (κ3) is 3.38. The Morgan fingerprint density at radius 1 is 1.62 bits per heavy atom. The Kier molecular flexibility index (Phi) is 4.54. The van der Waals surface area contributed by atoms with Gasteiger partial charge in [0.25, 0.3) is 0 Å². The van der Waals surface area contributed by atoms with E-state index in [1.54, 1.807) is 27.0 Å². The van der Waals surface area contributed by atoms with Gasteiger partial charge in [0.05, 0.1) is 0 Å². The highest BCUT2D eigenvalue weighted by atomic mass is 16.3. The zero-order valence-corrected chi connectivity index (χ0v) is 12.3. The number of aliphatic hydroxyl groups excluding tert-OH is 1. The maximum absolute atomic E-state index is 12.0. The number of urea groups is 1. The van der Waals surface area contributed by atoms with Gasteiger partial charge in [-0.2, -0.15) is 4.99 Å². The van der Waals surface area contributed by atoms with E-state index in [1.165, 1.54) is 4.90 Å². The fraction of sp³-hybridized carbons (Fsp3) is 0.357. The smallest absolute Gasteiger partial charge is 0.332 e. The van der Waals surface area contributed by atoms with Gasteiger partial charge in [0, 0.05) is 30.6 Å². The Hall–Kier alpha value is -2.41. The fourth-order valence-electron chi connectivity index (χ4n) is 1.95. The molecule has 0 bridgehead atoms. The van der Waals surface area contributed by atoms with Crippen LogP contribution in [0.3, 0.4) is 0 Å². The maximum Gasteiger partial charge on any atom is 0.332 e. The van der Waals surface area contributed by atoms with Gasteiger partial charge in [-0.05, 0) is 26.0 Å². The molecule has 0 aromatic heterocycles. The van der Waals surface area contributed by atoms with Crippen molar-refractivity contribution in [3.05, 3.63) is 35.7 Å². The molecular weight excluding hydrogens is 270 g/mol. The zero-order chi connectivity index (χ0) is 15.4. The van der Waals surface area contributed by atoms with E-state index < -0.39 is 12.4 Å². The van der Waals surface area contributed by atoms with Crippen LogP contribution in [0.1, 0.15) is 20.3 Å². The Morgan fingerprint density at radius 2 is 2.38 bits per heavy atom. The summed E-state index contributed by atoms with van der Waals surface area (Å²) in [6.45, 7) is 3.52. The summed E-state index contributed by atoms with van der Waals surface area (Å²) in [4.78, 5) is 21.3. The lowest BCUT2D eigenvalue weighted by Gasteiger charge is -2.31. The molecule has 0 fully saturated rings. The first-order chi connectivity index (χ1) is 10.0. The Balaban J connectivity index is 2.08. The molecule has 1 aliphatic carbocycles. The molecule has 1 aliphatic heterocycles. The summed E-state index contributed by atoms with van der Waals surface area (Å²) in [6.07, 6.45) is 6.87. The van der Waals surface area contributed by atoms with Crippen molar-refractivity contribution >= 4 is 17.7 Å². The maximum atomic E-state index is 12.0. The van der Waals surface area contributed by atoms with E-state index in [4.69, 9.17) is 0 Å². The minimum atomic E-state index is -1.24. The van der Waals surface area contributed by atoms with Crippen LogP contribution in [0.15, 0.2) is 45.7 Å². The minimum Gasteiger partial charge on any atom is -0.355 e. The van der Waals surface area contributed by atoms with Crippen molar-refractivity contribution in [2.75, 3.05) is 7.05 Å². The van der Waals surface area contributed by atoms with E-state index in [9.17, 15) is 9.90 Å². The van der Waals surface area contributed by atoms with Crippen LogP contribution in [0.25, 0.3) is 0 Å². The number of aliphatic hydroxyl groups is 1. The monoisotopic (exact) mass is 289 g/mol. The van der Waals surface area contributed by atoms with Crippen molar-refractivity contribution in [3.63, 3.8) is 0 Å². The first kappa shape index (κ1) is 15.0. The molecule has 0 saturated heterocycles. The quantitative estimate of drug-likeness (QED) is 0.710. The second kappa shape index (κ2) is 6.36. The summed E-state index contributed by atoms with van der Waals surface area (Å²) in [5.41, 5.74) is 2.40. The number of aliphatic imine (C=N–C) groups is 2. The standard InChI is InChI=1S/C14H19N5O2/c1-4-9(2)19-13(20)17-12(18-14(19)21)16-11-7-5-10(15-3)6-8-11/h4-5,7-8,13,20H,6H2,1-3H3,(H2,16,17,18,21)/b9-4+,15-10-. The van der Waals surface area contributed by atoms with E-state index in [2.05, 4.69) is 20.6 Å². The number of guanidine groups is 1. The Morgan fingerprint density at radius 3 is 2.90 bits per heavy atom. The van der Waals surface area contributed by atoms with Crippen LogP contribution in [0.5, 0.6) is 0 Å². The van der Waals surface area contributed by atoms with Crippen molar-refractivity contribution in [2.45, 2.75) is 26.6 Å². The first-order valence-electron chi connectivity index (χ1n) is 6.65. The molecule has 21 heavy (non-hydrogen) atoms. The summed E-state index contributed by atoms with van der Waals surface area (Å²) < 4.78 is 0. The molecule has 7 nitrogen and oxygen atoms in total. The summed E-state index contributed by atoms with van der Waals surface area (Å²) in [5, 5.41) is 15.5. The second-order valence-electron chi connectivity index (χ2n) is 4.59. The highest BCUT2D eigenvalue weighted by molar-refractivity contribution is 6.01. The van der Waals surface area contributed by atoms with Gasteiger partial charge in [0.15, 0.2) is 0 Å². The van der Waals surface area contributed by atoms with Crippen LogP contribution in [-0.2, 0) is 0 Å². The average Bonchev–Trinajstić information content (AvgIpc) is 2.47. The largest absolute Gasteiger partial charge is 0.355 e. The number of nitrogens with one attached hydrogen (secondary N) is 2. The fourth-order valence-corrected chi connectivity index (χ4v) is 1.95. The molecule has 2 amide bonds. The first-order valence-corrected chi connectivity index (χ1v) is 6.65. The topological polar surface area (TPSA) is 89.3 Å². The van der Waals surface area contributed by atoms with E-state index in [0.29, 0.717) is 12.1 Å². The number of amides is 2. The lowest BCUT2D eigenvalue weighted by atomic mass is 10.1. The molecule has 2 aliphatic rings. The summed E-state index contributed by atoms with van der Waals surface area (Å²) >= 11 is 0. The third-order valence-corrected chi connectivity index (χ3v) is 3.25. The van der Waals surface area contributed by atoms with E-state index >= 15 is 0 Å². The number of hydrogen-bond acceptors (Lipinski definition) is 5. The van der Waals surface area contributed by atoms with Gasteiger partial charge in [-0.25, -0.2) is 4.79 Å². The van der Waals surface area contributed by atoms with Gasteiger partial charge in [0.1, 0.15) is 0 Å². The van der Waals surface area contributed by atoms with Crippen molar-refractivity contribution in [1.82, 2.24) is 15.5 Å². The molecule has 0 radical (unpaired) electrons. The molecule has 0 spiro atoms. The molecule has 1 heterocycles. The molecule has 1 atom stereocenters. The molecule has 112 valence electrons. The molecule has 7 heteroatoms. The highest BCUT2D eigenvalue weighted by Gasteiger charge is 2.28. The molecular formula is C14H19N5O2. The normalized spacial score (nSPS) is 24.7. The van der Waals surface area contributed by atoms with Crippen LogP contribution in [-0.4, -0.2) is 41.1 Å². The summed E-state index contributed by atoms with van der Waals surface area (Å²) in [7, 11) is 1.74. The van der Waals surface area contributed by atoms with Crippen molar-refractivity contribution in [1.29, 1.82) is 0 Å². The van der Waals surface area contributed by atoms with Gasteiger partial charge in [0.2, 0.25) is 12.3 Å². The molecule has 2 rings (SSSR count). The highest BCUT2D eigenvalue weighted by Crippen LogP contribution is 2.13. The second-order valence-corrected chi connectivity index (χ2v) is 4.59. The Bertz CT molecular complexity index is 586. The zero-order valence-electron chi connectivity index (χ0n) is 12.3. The van der Waals surface area contributed by atoms with Crippen LogP contribution >= 0.6 is 0 Å². The number of carbonyl (C=O) groups is 1. The summed E-state index contributed by atoms with van der Waals surface area (Å²) in [6, 6.07) is -0.424. The van der Waals surface area contributed by atoms with Crippen molar-refractivity contribution in [2.24, 2.45) is 9.98 Å². The van der Waals surface area contributed by atoms with Crippen LogP contribution < -0.4 is 10.6 Å². The number of hydrogen-bond donors (Lipinski definition) is 3. The molecule has 0 aromatic carbocycles. The Labute approximate surface area is 123 Å². The number of rotatable bonds is 2. The number of carbonyl (C=O) groups excluding carboxylic acids is 1. The lowest BCUT2D eigenvalue weighted by Crippen LogP contribution is -2.55. The number of allylic oxidation sites excluding steroid dienone is 5. The van der Waals surface area contributed by atoms with Crippen LogP contribution in [0, 0.1) is 0 Å². The van der Waals surface area contributed by atoms with Gasteiger partial charge in [-0.15, -0.1) is 0 Å². The average molecular weight is 289 g/mol. The van der Waals surface area contributed by atoms with Gasteiger partial charge < -0.3 is 10.4 Å². The van der Waals surface area contributed by atoms with Crippen molar-refractivity contribution < 1.29 is 9.90 Å². The van der Waals surface area contributed by atoms with Crippen LogP contribution in [0.4, 0.5) is 4.79 Å². The van der Waals surface area contributed by atoms with Gasteiger partial charge in [-0.1, -0.05) is 12.2 Å².